The second-order valence-corrected chi connectivity index (χ2v) is 10.2. The van der Waals surface area contributed by atoms with Crippen LogP contribution < -0.4 is 0 Å². The molecule has 1 aliphatic heterocycles. The van der Waals surface area contributed by atoms with Gasteiger partial charge >= 0.3 is 6.16 Å². The van der Waals surface area contributed by atoms with Crippen LogP contribution in [0, 0.1) is 28.6 Å². The van der Waals surface area contributed by atoms with Crippen molar-refractivity contribution in [3.8, 4) is 0 Å². The largest absolute Gasteiger partial charge is 0.508 e. The number of allylic oxidation sites excluding steroid dienone is 3. The smallest absolute Gasteiger partial charge is 0.430 e. The van der Waals surface area contributed by atoms with Gasteiger partial charge in [-0.15, -0.1) is 0 Å². The van der Waals surface area contributed by atoms with Crippen LogP contribution in [0.2, 0.25) is 0 Å². The van der Waals surface area contributed by atoms with Gasteiger partial charge in [-0.05, 0) is 48.9 Å². The van der Waals surface area contributed by atoms with E-state index >= 15 is 0 Å². The molecule has 158 valence electrons. The van der Waals surface area contributed by atoms with Gasteiger partial charge in [-0.3, -0.25) is 0 Å². The summed E-state index contributed by atoms with van der Waals surface area (Å²) in [5.41, 5.74) is 3.59. The van der Waals surface area contributed by atoms with Gasteiger partial charge in [-0.25, -0.2) is 4.79 Å². The second kappa shape index (κ2) is 6.73. The molecule has 1 heterocycles. The van der Waals surface area contributed by atoms with Crippen LogP contribution in [0.3, 0.4) is 0 Å². The molecule has 0 aromatic carbocycles. The third-order valence-electron chi connectivity index (χ3n) is 9.17. The van der Waals surface area contributed by atoms with Gasteiger partial charge in [0, 0.05) is 11.8 Å². The molecular formula is C25H34O4. The van der Waals surface area contributed by atoms with Crippen molar-refractivity contribution in [1.82, 2.24) is 0 Å². The number of ether oxygens (including phenoxy) is 3. The monoisotopic (exact) mass is 398 g/mol. The van der Waals surface area contributed by atoms with Crippen LogP contribution in [-0.4, -0.2) is 31.1 Å². The van der Waals surface area contributed by atoms with Crippen molar-refractivity contribution in [1.29, 1.82) is 0 Å². The fraction of sp³-hybridized carbons (Fsp3) is 0.720. The Hall–Kier alpha value is -1.55. The maximum atomic E-state index is 11.9. The lowest BCUT2D eigenvalue weighted by molar-refractivity contribution is 0.0117. The van der Waals surface area contributed by atoms with E-state index in [2.05, 4.69) is 39.5 Å². The summed E-state index contributed by atoms with van der Waals surface area (Å²) < 4.78 is 16.8. The number of carbonyl (C=O) groups is 1. The number of fused-ring (bicyclic) bond motifs is 7. The van der Waals surface area contributed by atoms with E-state index in [0.717, 1.165) is 18.3 Å². The summed E-state index contributed by atoms with van der Waals surface area (Å²) in [7, 11) is 0. The van der Waals surface area contributed by atoms with E-state index in [-0.39, 0.29) is 30.3 Å². The third-order valence-corrected chi connectivity index (χ3v) is 9.17. The minimum atomic E-state index is -0.620. The first-order chi connectivity index (χ1) is 13.9. The molecule has 0 N–H and O–H groups in total. The van der Waals surface area contributed by atoms with Crippen molar-refractivity contribution < 1.29 is 19.0 Å². The van der Waals surface area contributed by atoms with E-state index in [4.69, 9.17) is 14.2 Å². The number of epoxide rings is 1. The molecule has 0 aromatic rings. The molecule has 0 radical (unpaired) electrons. The molecule has 4 fully saturated rings. The Kier molecular flexibility index (Phi) is 4.51. The Morgan fingerprint density at radius 3 is 2.86 bits per heavy atom. The maximum Gasteiger partial charge on any atom is 0.508 e. The Morgan fingerprint density at radius 2 is 2.10 bits per heavy atom. The van der Waals surface area contributed by atoms with Gasteiger partial charge in [0.2, 0.25) is 0 Å². The zero-order valence-corrected chi connectivity index (χ0v) is 18.0. The lowest BCUT2D eigenvalue weighted by Crippen LogP contribution is -2.50. The van der Waals surface area contributed by atoms with Crippen molar-refractivity contribution in [3.05, 3.63) is 36.0 Å². The molecule has 5 rings (SSSR count). The Bertz CT molecular complexity index is 782. The fourth-order valence-corrected chi connectivity index (χ4v) is 7.54. The van der Waals surface area contributed by atoms with Gasteiger partial charge in [0.1, 0.15) is 18.8 Å². The quantitative estimate of drug-likeness (QED) is 0.352. The molecule has 0 spiro atoms. The van der Waals surface area contributed by atoms with E-state index in [1.54, 1.807) is 11.6 Å². The average Bonchev–Trinajstić information content (AvgIpc) is 3.44. The van der Waals surface area contributed by atoms with E-state index in [1.807, 2.05) is 0 Å². The molecule has 3 saturated carbocycles. The molecule has 0 aromatic heterocycles. The molecule has 1 saturated heterocycles. The van der Waals surface area contributed by atoms with Gasteiger partial charge in [-0.2, -0.15) is 0 Å². The second-order valence-electron chi connectivity index (χ2n) is 10.2. The molecule has 8 atom stereocenters. The van der Waals surface area contributed by atoms with Crippen molar-refractivity contribution in [2.24, 2.45) is 28.6 Å². The lowest BCUT2D eigenvalue weighted by Gasteiger charge is -2.53. The van der Waals surface area contributed by atoms with Gasteiger partial charge in [0.25, 0.3) is 0 Å². The average molecular weight is 399 g/mol. The summed E-state index contributed by atoms with van der Waals surface area (Å²) in [4.78, 5) is 11.9. The van der Waals surface area contributed by atoms with Crippen LogP contribution in [0.5, 0.6) is 0 Å². The topological polar surface area (TPSA) is 48.1 Å². The SMILES string of the molecule is C=CCOC(=O)OC1CC2=CC=C3[C@@H]4CC[C@H](CC)[C@@]4(C)CC[C@@H]3[C@@]2(C)C2OC12. The first-order valence-electron chi connectivity index (χ1n) is 11.4. The highest BCUT2D eigenvalue weighted by atomic mass is 16.7. The summed E-state index contributed by atoms with van der Waals surface area (Å²) in [5.74, 6) is 2.16. The predicted octanol–water partition coefficient (Wildman–Crippen LogP) is 5.59. The van der Waals surface area contributed by atoms with Crippen molar-refractivity contribution in [3.63, 3.8) is 0 Å². The zero-order chi connectivity index (χ0) is 20.4. The number of hydrogen-bond acceptors (Lipinski definition) is 4. The van der Waals surface area contributed by atoms with Crippen LogP contribution >= 0.6 is 0 Å². The van der Waals surface area contributed by atoms with Crippen LogP contribution in [0.4, 0.5) is 4.79 Å². The highest BCUT2D eigenvalue weighted by Crippen LogP contribution is 2.67. The van der Waals surface area contributed by atoms with Crippen LogP contribution in [0.1, 0.15) is 59.3 Å². The molecular weight excluding hydrogens is 364 g/mol. The molecule has 29 heavy (non-hydrogen) atoms. The normalized spacial score (nSPS) is 46.9. The zero-order valence-electron chi connectivity index (χ0n) is 18.0. The predicted molar refractivity (Wildman–Crippen MR) is 111 cm³/mol. The van der Waals surface area contributed by atoms with Gasteiger partial charge in [0.05, 0.1) is 6.10 Å². The first kappa shape index (κ1) is 19.4. The standard InChI is InChI=1S/C25H34O4/c1-5-13-27-23(26)28-20-14-16-7-9-17-18-10-8-15(6-2)24(18,3)12-11-19(17)25(16,4)22-21(20)29-22/h5,7,9,15,18-22H,1,6,8,10-14H2,2-4H3/t15-,18-,19-,20?,21?,22?,24+,25-/m0/s1. The third kappa shape index (κ3) is 2.71. The highest BCUT2D eigenvalue weighted by molar-refractivity contribution is 5.60. The molecule has 4 aliphatic carbocycles. The van der Waals surface area contributed by atoms with Gasteiger partial charge in [-0.1, -0.05) is 63.1 Å². The summed E-state index contributed by atoms with van der Waals surface area (Å²) in [5, 5.41) is 0. The van der Waals surface area contributed by atoms with E-state index in [9.17, 15) is 4.79 Å². The molecule has 0 bridgehead atoms. The molecule has 4 heteroatoms. The fourth-order valence-electron chi connectivity index (χ4n) is 7.54. The molecule has 3 unspecified atom stereocenters. The van der Waals surface area contributed by atoms with E-state index in [0.29, 0.717) is 11.3 Å². The van der Waals surface area contributed by atoms with Crippen LogP contribution in [0.15, 0.2) is 36.0 Å². The van der Waals surface area contributed by atoms with E-state index in [1.165, 1.54) is 37.7 Å². The minimum absolute atomic E-state index is 0.00746. The number of carbonyl (C=O) groups excluding carboxylic acids is 1. The van der Waals surface area contributed by atoms with Gasteiger partial charge in [0.15, 0.2) is 0 Å². The number of hydrogen-bond donors (Lipinski definition) is 0. The van der Waals surface area contributed by atoms with Gasteiger partial charge < -0.3 is 14.2 Å². The molecule has 4 nitrogen and oxygen atoms in total. The summed E-state index contributed by atoms with van der Waals surface area (Å²) >= 11 is 0. The maximum absolute atomic E-state index is 11.9. The van der Waals surface area contributed by atoms with Crippen molar-refractivity contribution in [2.45, 2.75) is 77.6 Å². The Morgan fingerprint density at radius 1 is 1.28 bits per heavy atom. The van der Waals surface area contributed by atoms with Crippen molar-refractivity contribution in [2.75, 3.05) is 6.61 Å². The summed E-state index contributed by atoms with van der Waals surface area (Å²) in [6, 6.07) is 0. The minimum Gasteiger partial charge on any atom is -0.430 e. The Balaban J connectivity index is 1.40. The summed E-state index contributed by atoms with van der Waals surface area (Å²) in [6.45, 7) is 11.1. The van der Waals surface area contributed by atoms with E-state index < -0.39 is 6.16 Å². The van der Waals surface area contributed by atoms with Crippen molar-refractivity contribution >= 4 is 6.16 Å². The van der Waals surface area contributed by atoms with Crippen LogP contribution in [-0.2, 0) is 14.2 Å². The first-order valence-corrected chi connectivity index (χ1v) is 11.4. The highest BCUT2D eigenvalue weighted by Gasteiger charge is 2.67. The molecule has 5 aliphatic rings. The summed E-state index contributed by atoms with van der Waals surface area (Å²) in [6.07, 6.45) is 13.0. The lowest BCUT2D eigenvalue weighted by atomic mass is 9.50. The number of rotatable bonds is 4. The molecule has 0 amide bonds. The Labute approximate surface area is 174 Å². The van der Waals surface area contributed by atoms with Crippen LogP contribution in [0.25, 0.3) is 0 Å².